The first-order chi connectivity index (χ1) is 60.7. The number of nitrogens with zero attached hydrogens (tertiary/aromatic N) is 15. The van der Waals surface area contributed by atoms with E-state index in [1.807, 2.05) is 107 Å². The first kappa shape index (κ1) is 93.3. The number of rotatable bonds is 27. The maximum atomic E-state index is 13.5. The summed E-state index contributed by atoms with van der Waals surface area (Å²) < 4.78 is 57.3. The summed E-state index contributed by atoms with van der Waals surface area (Å²) >= 11 is 13.0. The minimum absolute atomic E-state index is 0.368. The zero-order valence-electron chi connectivity index (χ0n) is 75.8. The van der Waals surface area contributed by atoms with Gasteiger partial charge >= 0.3 is 0 Å². The Morgan fingerprint density at radius 2 is 0.865 bits per heavy atom. The van der Waals surface area contributed by atoms with Gasteiger partial charge in [-0.05, 0) is 166 Å². The van der Waals surface area contributed by atoms with Crippen LogP contribution in [0.25, 0.3) is 6.08 Å². The fraction of sp³-hybridized carbons (Fsp3) is 0.474. The van der Waals surface area contributed by atoms with E-state index in [0.29, 0.717) is 77.1 Å². The van der Waals surface area contributed by atoms with Gasteiger partial charge in [-0.25, -0.2) is 19.9 Å². The molecule has 0 bridgehead atoms. The van der Waals surface area contributed by atoms with Gasteiger partial charge in [0.05, 0.1) is 67.4 Å². The van der Waals surface area contributed by atoms with E-state index >= 15 is 0 Å². The Labute approximate surface area is 756 Å². The summed E-state index contributed by atoms with van der Waals surface area (Å²) in [5.41, 5.74) is 11.4. The molecule has 126 heavy (non-hydrogen) atoms. The number of para-hydroxylation sites is 2. The van der Waals surface area contributed by atoms with Crippen LogP contribution in [0.5, 0.6) is 17.2 Å². The molecule has 9 heterocycles. The molecular formula is C95H129Cl2N20O6P3. The number of halogens is 2. The van der Waals surface area contributed by atoms with Gasteiger partial charge in [0.25, 0.3) is 0 Å². The third kappa shape index (κ3) is 23.4. The SMILES string of the molecule is CCOc1cc(N2CCC(N3CCN(C)CC3)CC2)ccc1Cc1nc2c(c(Nc3ccccc3P(C)(C)=O)n1)C=CC2.CCP(=O)(CC)c1ccccc1Nc1nc(Nc2ccc(N3CCC(N4CCN(C)CC4)CC3)cc2OC)ncc1Cl.COc1cc(N2CCC(N3CCN(C)CC3)CC2)ccc1Nc1ncc(Cl)c(Nc2cccc(C)c2P(C)(C)=O)n1. The standard InChI is InChI=1S/C34H45N6O2P.C31H43ClN7O2P.C30H41ClN7O2P/c1-5-42-31-24-27(39-17-15-26(16-18-39)40-21-19-38(2)20-22-40)14-13-25(31)23-33-35-29-11-8-9-28(29)34(37-33)36-30-10-6-7-12-32(30)43(3,4)41;1-5-42(40,6-2)29-10-8-7-9-27(29)34-30-25(32)22-33-31(36-30)35-26-12-11-24(21-28(26)41-4)38-15-13-23(14-16-38)39-19-17-37(3)18-20-39;1-21-7-6-8-26(28(21)41(4,5)39)33-29-24(31)20-32-30(35-29)34-25-10-9-23(19-27(25)40-3)37-13-11-22(12-14-37)38-17-15-36(2)16-18-38/h6-10,12-14,24,26H,5,11,15-23H2,1-4H3,(H,35,36,37);7-12,21-23H,5-6,13-20H2,1-4H3,(H2,33,34,35,36);6-10,19-20,22H,11-18H2,1-5H3,(H2,32,33,34,35). The molecule has 1 aliphatic carbocycles. The Morgan fingerprint density at radius 1 is 0.444 bits per heavy atom. The minimum Gasteiger partial charge on any atom is -0.494 e. The molecule has 674 valence electrons. The summed E-state index contributed by atoms with van der Waals surface area (Å²) in [7, 11) is 2.46. The van der Waals surface area contributed by atoms with E-state index in [1.54, 1.807) is 53.3 Å². The Balaban J connectivity index is 0.000000153. The summed E-state index contributed by atoms with van der Waals surface area (Å²) in [5.74, 6) is 5.49. The van der Waals surface area contributed by atoms with Gasteiger partial charge in [-0.3, -0.25) is 14.7 Å². The second-order valence-corrected chi connectivity index (χ2v) is 45.6. The fourth-order valence-corrected chi connectivity index (χ4v) is 23.5. The molecule has 0 atom stereocenters. The summed E-state index contributed by atoms with van der Waals surface area (Å²) in [6.45, 7) is 36.0. The molecule has 0 radical (unpaired) electrons. The number of hydrogen-bond donors (Lipinski definition) is 5. The van der Waals surface area contributed by atoms with Crippen LogP contribution < -0.4 is 71.4 Å². The predicted octanol–water partition coefficient (Wildman–Crippen LogP) is 16.5. The van der Waals surface area contributed by atoms with Crippen LogP contribution in [0.2, 0.25) is 10.0 Å². The van der Waals surface area contributed by atoms with Crippen molar-refractivity contribution in [3.63, 3.8) is 0 Å². The van der Waals surface area contributed by atoms with E-state index < -0.39 is 21.4 Å². The lowest BCUT2D eigenvalue weighted by Gasteiger charge is -2.42. The molecule has 9 aromatic rings. The van der Waals surface area contributed by atoms with Gasteiger partial charge in [0, 0.05) is 223 Å². The summed E-state index contributed by atoms with van der Waals surface area (Å²) in [6.07, 6.45) is 17.0. The monoisotopic (exact) mass is 1810 g/mol. The number of likely N-dealkylation sites (N-methyl/N-ethyl adjacent to an activating group) is 3. The number of fused-ring (bicyclic) bond motifs is 1. The highest BCUT2D eigenvalue weighted by atomic mass is 35.5. The summed E-state index contributed by atoms with van der Waals surface area (Å²) in [5, 5.41) is 19.9. The number of aromatic nitrogens is 6. The molecule has 0 amide bonds. The van der Waals surface area contributed by atoms with Gasteiger partial charge in [-0.1, -0.05) is 91.7 Å². The number of ether oxygens (including phenoxy) is 3. The van der Waals surface area contributed by atoms with Gasteiger partial charge in [0.15, 0.2) is 11.6 Å². The van der Waals surface area contributed by atoms with E-state index in [4.69, 9.17) is 47.4 Å². The molecule has 0 unspecified atom stereocenters. The molecule has 6 fully saturated rings. The van der Waals surface area contributed by atoms with Crippen molar-refractivity contribution >= 4 is 141 Å². The molecule has 26 nitrogen and oxygen atoms in total. The predicted molar refractivity (Wildman–Crippen MR) is 525 cm³/mol. The highest BCUT2D eigenvalue weighted by Crippen LogP contribution is 2.47. The number of nitrogens with one attached hydrogen (secondary N) is 5. The Morgan fingerprint density at radius 3 is 1.31 bits per heavy atom. The summed E-state index contributed by atoms with van der Waals surface area (Å²) in [6, 6.07) is 42.3. The Kier molecular flexibility index (Phi) is 31.5. The normalized spacial score (nSPS) is 17.7. The fourth-order valence-electron chi connectivity index (χ4n) is 18.4. The minimum atomic E-state index is -2.54. The van der Waals surface area contributed by atoms with Gasteiger partial charge in [0.1, 0.15) is 60.4 Å². The van der Waals surface area contributed by atoms with Gasteiger partial charge in [-0.15, -0.1) is 0 Å². The largest absolute Gasteiger partial charge is 0.494 e. The first-order valence-electron chi connectivity index (χ1n) is 44.8. The molecule has 0 spiro atoms. The van der Waals surface area contributed by atoms with Gasteiger partial charge in [-0.2, -0.15) is 9.97 Å². The number of aryl methyl sites for hydroxylation is 1. The van der Waals surface area contributed by atoms with E-state index in [1.165, 1.54) is 96.6 Å². The van der Waals surface area contributed by atoms with Crippen molar-refractivity contribution < 1.29 is 27.9 Å². The Hall–Kier alpha value is -8.87. The van der Waals surface area contributed by atoms with Crippen molar-refractivity contribution in [3.8, 4) is 17.2 Å². The third-order valence-electron chi connectivity index (χ3n) is 25.8. The van der Waals surface area contributed by atoms with Crippen LogP contribution in [0.4, 0.5) is 74.8 Å². The highest BCUT2D eigenvalue weighted by Gasteiger charge is 2.33. The van der Waals surface area contributed by atoms with Crippen molar-refractivity contribution in [2.75, 3.05) is 240 Å². The smallest absolute Gasteiger partial charge is 0.229 e. The van der Waals surface area contributed by atoms with Crippen molar-refractivity contribution in [1.29, 1.82) is 0 Å². The molecule has 3 aromatic heterocycles. The number of benzene rings is 6. The van der Waals surface area contributed by atoms with Crippen LogP contribution in [0, 0.1) is 6.92 Å². The van der Waals surface area contributed by atoms with Crippen molar-refractivity contribution in [1.82, 2.24) is 59.3 Å². The number of hydrogen-bond acceptors (Lipinski definition) is 26. The number of anilines is 13. The van der Waals surface area contributed by atoms with E-state index in [-0.39, 0.29) is 0 Å². The molecule has 16 rings (SSSR count). The van der Waals surface area contributed by atoms with Crippen molar-refractivity contribution in [3.05, 3.63) is 178 Å². The van der Waals surface area contributed by atoms with E-state index in [9.17, 15) is 13.7 Å². The van der Waals surface area contributed by atoms with E-state index in [2.05, 4.69) is 166 Å². The number of methoxy groups -OCH3 is 2. The van der Waals surface area contributed by atoms with Crippen LogP contribution in [-0.4, -0.2) is 276 Å². The summed E-state index contributed by atoms with van der Waals surface area (Å²) in [4.78, 5) is 50.7. The molecule has 6 aliphatic heterocycles. The van der Waals surface area contributed by atoms with Crippen LogP contribution in [0.15, 0.2) is 140 Å². The second-order valence-electron chi connectivity index (χ2n) is 34.9. The molecule has 6 aromatic carbocycles. The third-order valence-corrected chi connectivity index (χ3v) is 32.8. The quantitative estimate of drug-likeness (QED) is 0.0300. The molecule has 0 saturated carbocycles. The van der Waals surface area contributed by atoms with Crippen LogP contribution >= 0.6 is 44.6 Å². The maximum absolute atomic E-state index is 13.5. The van der Waals surface area contributed by atoms with Crippen molar-refractivity contribution in [2.24, 2.45) is 0 Å². The molecule has 6 saturated heterocycles. The second kappa shape index (κ2) is 42.6. The lowest BCUT2D eigenvalue weighted by Crippen LogP contribution is -2.52. The Bertz CT molecular complexity index is 5370. The van der Waals surface area contributed by atoms with Crippen LogP contribution in [0.3, 0.4) is 0 Å². The number of allylic oxidation sites excluding steroid dienone is 1. The average molecular weight is 1810 g/mol. The van der Waals surface area contributed by atoms with Gasteiger partial charge < -0.3 is 83.9 Å². The topological polar surface area (TPSA) is 246 Å². The number of piperazine rings is 3. The maximum Gasteiger partial charge on any atom is 0.229 e. The van der Waals surface area contributed by atoms with E-state index in [0.717, 1.165) is 179 Å². The number of piperidine rings is 3. The lowest BCUT2D eigenvalue weighted by atomic mass is 10.0. The zero-order valence-corrected chi connectivity index (χ0v) is 80.0. The van der Waals surface area contributed by atoms with Crippen LogP contribution in [0.1, 0.15) is 87.5 Å². The average Bonchev–Trinajstić information content (AvgIpc) is 1.76. The molecular weight excluding hydrogens is 1680 g/mol. The van der Waals surface area contributed by atoms with Gasteiger partial charge in [0.2, 0.25) is 11.9 Å². The lowest BCUT2D eigenvalue weighted by molar-refractivity contribution is 0.0982. The molecule has 31 heteroatoms. The molecule has 7 aliphatic rings. The highest BCUT2D eigenvalue weighted by molar-refractivity contribution is 7.72. The molecule has 5 N–H and O–H groups in total. The zero-order chi connectivity index (χ0) is 88.8. The first-order valence-corrected chi connectivity index (χ1v) is 52.9. The van der Waals surface area contributed by atoms with Crippen LogP contribution in [-0.2, 0) is 26.5 Å². The van der Waals surface area contributed by atoms with Crippen molar-refractivity contribution in [2.45, 2.75) is 97.2 Å².